The molecule has 3 heterocycles. The topological polar surface area (TPSA) is 80.6 Å². The van der Waals surface area contributed by atoms with Crippen molar-refractivity contribution in [2.24, 2.45) is 0 Å². The fourth-order valence-electron chi connectivity index (χ4n) is 3.93. The summed E-state index contributed by atoms with van der Waals surface area (Å²) in [6.45, 7) is 8.54. The van der Waals surface area contributed by atoms with E-state index in [0.717, 1.165) is 11.1 Å². The van der Waals surface area contributed by atoms with Gasteiger partial charge >= 0.3 is 6.09 Å². The number of hydrogen-bond acceptors (Lipinski definition) is 7. The Morgan fingerprint density at radius 1 is 1.28 bits per heavy atom. The Kier molecular flexibility index (Phi) is 5.60. The van der Waals surface area contributed by atoms with E-state index in [2.05, 4.69) is 40.1 Å². The van der Waals surface area contributed by atoms with Crippen molar-refractivity contribution < 1.29 is 14.3 Å². The van der Waals surface area contributed by atoms with Crippen LogP contribution in [-0.2, 0) is 4.74 Å². The third kappa shape index (κ3) is 3.89. The number of nitrogens with zero attached hydrogens (tertiary/aromatic N) is 5. The first-order chi connectivity index (χ1) is 14.0. The van der Waals surface area contributed by atoms with E-state index in [0.29, 0.717) is 43.8 Å². The van der Waals surface area contributed by atoms with E-state index >= 15 is 0 Å². The summed E-state index contributed by atoms with van der Waals surface area (Å²) >= 11 is 1.48. The van der Waals surface area contributed by atoms with Crippen LogP contribution in [-0.4, -0.2) is 74.6 Å². The van der Waals surface area contributed by atoms with Gasteiger partial charge in [0, 0.05) is 26.2 Å². The highest BCUT2D eigenvalue weighted by Gasteiger charge is 2.43. The minimum absolute atomic E-state index is 0.0371. The SMILES string of the molecule is CCOC(=O)N1CCN(C(c2cccc(C)c2)C2Sc3nc(C)nn3C2=O)CC1. The molecule has 0 radical (unpaired) electrons. The molecule has 0 saturated carbocycles. The number of ether oxygens (including phenoxy) is 1. The number of amides is 1. The second kappa shape index (κ2) is 8.16. The number of thioether (sulfide) groups is 1. The van der Waals surface area contributed by atoms with Crippen molar-refractivity contribution in [1.82, 2.24) is 24.6 Å². The van der Waals surface area contributed by atoms with Gasteiger partial charge in [-0.2, -0.15) is 4.68 Å². The van der Waals surface area contributed by atoms with Gasteiger partial charge < -0.3 is 9.64 Å². The molecule has 1 amide bonds. The molecule has 0 N–H and O–H groups in total. The Hall–Kier alpha value is -2.39. The Balaban J connectivity index is 1.59. The van der Waals surface area contributed by atoms with Crippen LogP contribution >= 0.6 is 11.8 Å². The Morgan fingerprint density at radius 3 is 2.69 bits per heavy atom. The third-order valence-corrected chi connectivity index (χ3v) is 6.46. The van der Waals surface area contributed by atoms with Crippen LogP contribution in [0.25, 0.3) is 0 Å². The highest BCUT2D eigenvalue weighted by molar-refractivity contribution is 8.00. The number of rotatable bonds is 4. The summed E-state index contributed by atoms with van der Waals surface area (Å²) in [7, 11) is 0. The van der Waals surface area contributed by atoms with Crippen molar-refractivity contribution in [3.8, 4) is 0 Å². The minimum Gasteiger partial charge on any atom is -0.450 e. The molecule has 1 fully saturated rings. The standard InChI is InChI=1S/C20H25N5O3S/c1-4-28-20(27)24-10-8-23(9-11-24)16(15-7-5-6-13(2)12-15)17-18(26)25-19(29-17)21-14(3)22-25/h5-7,12,16-17H,4,8-11H2,1-3H3. The predicted molar refractivity (Wildman–Crippen MR) is 109 cm³/mol. The normalized spacial score (nSPS) is 20.6. The summed E-state index contributed by atoms with van der Waals surface area (Å²) in [5, 5.41) is 4.60. The minimum atomic E-state index is -0.318. The van der Waals surface area contributed by atoms with E-state index in [9.17, 15) is 9.59 Å². The zero-order valence-corrected chi connectivity index (χ0v) is 17.7. The highest BCUT2D eigenvalue weighted by atomic mass is 32.2. The average Bonchev–Trinajstić information content (AvgIpc) is 3.20. The maximum absolute atomic E-state index is 13.1. The second-order valence-corrected chi connectivity index (χ2v) is 8.42. The molecule has 4 rings (SSSR count). The molecule has 2 aliphatic heterocycles. The highest BCUT2D eigenvalue weighted by Crippen LogP contribution is 2.41. The molecule has 1 aromatic heterocycles. The number of aryl methyl sites for hydroxylation is 2. The smallest absolute Gasteiger partial charge is 0.409 e. The summed E-state index contributed by atoms with van der Waals surface area (Å²) in [4.78, 5) is 33.6. The van der Waals surface area contributed by atoms with Crippen LogP contribution in [0.15, 0.2) is 29.4 Å². The van der Waals surface area contributed by atoms with Gasteiger partial charge in [-0.05, 0) is 26.3 Å². The molecule has 9 heteroatoms. The molecule has 1 aromatic carbocycles. The van der Waals surface area contributed by atoms with Gasteiger partial charge in [-0.25, -0.2) is 9.78 Å². The summed E-state index contributed by atoms with van der Waals surface area (Å²) in [5.74, 6) is 0.569. The number of benzene rings is 1. The van der Waals surface area contributed by atoms with E-state index in [1.54, 1.807) is 11.8 Å². The summed E-state index contributed by atoms with van der Waals surface area (Å²) in [5.41, 5.74) is 2.25. The fraction of sp³-hybridized carbons (Fsp3) is 0.500. The molecule has 1 saturated heterocycles. The van der Waals surface area contributed by atoms with Crippen molar-refractivity contribution in [3.63, 3.8) is 0 Å². The van der Waals surface area contributed by atoms with Crippen molar-refractivity contribution in [1.29, 1.82) is 0 Å². The number of hydrogen-bond donors (Lipinski definition) is 0. The van der Waals surface area contributed by atoms with Crippen molar-refractivity contribution in [2.45, 2.75) is 37.2 Å². The predicted octanol–water partition coefficient (Wildman–Crippen LogP) is 2.52. The second-order valence-electron chi connectivity index (χ2n) is 7.31. The van der Waals surface area contributed by atoms with Gasteiger partial charge in [0.1, 0.15) is 11.1 Å². The molecule has 2 unspecified atom stereocenters. The lowest BCUT2D eigenvalue weighted by atomic mass is 9.98. The monoisotopic (exact) mass is 415 g/mol. The molecule has 2 aliphatic rings. The van der Waals surface area contributed by atoms with E-state index in [1.165, 1.54) is 16.4 Å². The molecule has 8 nitrogen and oxygen atoms in total. The summed E-state index contributed by atoms with van der Waals surface area (Å²) < 4.78 is 6.56. The fourth-order valence-corrected chi connectivity index (χ4v) is 5.23. The third-order valence-electron chi connectivity index (χ3n) is 5.27. The van der Waals surface area contributed by atoms with Gasteiger partial charge in [0.15, 0.2) is 5.16 Å². The van der Waals surface area contributed by atoms with E-state index in [-0.39, 0.29) is 23.3 Å². The lowest BCUT2D eigenvalue weighted by Crippen LogP contribution is -2.52. The first-order valence-electron chi connectivity index (χ1n) is 9.84. The zero-order valence-electron chi connectivity index (χ0n) is 16.9. The van der Waals surface area contributed by atoms with E-state index in [1.807, 2.05) is 13.0 Å². The lowest BCUT2D eigenvalue weighted by Gasteiger charge is -2.40. The van der Waals surface area contributed by atoms with Crippen molar-refractivity contribution >= 4 is 23.8 Å². The molecule has 0 spiro atoms. The average molecular weight is 416 g/mol. The molecule has 2 atom stereocenters. The maximum atomic E-state index is 13.1. The first kappa shape index (κ1) is 19.9. The molecule has 29 heavy (non-hydrogen) atoms. The van der Waals surface area contributed by atoms with E-state index < -0.39 is 0 Å². The van der Waals surface area contributed by atoms with Crippen molar-refractivity contribution in [2.75, 3.05) is 32.8 Å². The quantitative estimate of drug-likeness (QED) is 0.759. The van der Waals surface area contributed by atoms with Crippen LogP contribution in [0.1, 0.15) is 34.7 Å². The first-order valence-corrected chi connectivity index (χ1v) is 10.7. The van der Waals surface area contributed by atoms with Crippen LogP contribution in [0, 0.1) is 13.8 Å². The van der Waals surface area contributed by atoms with Crippen LogP contribution < -0.4 is 0 Å². The van der Waals surface area contributed by atoms with Gasteiger partial charge in [-0.15, -0.1) is 5.10 Å². The number of piperazine rings is 1. The van der Waals surface area contributed by atoms with Gasteiger partial charge in [0.2, 0.25) is 0 Å². The summed E-state index contributed by atoms with van der Waals surface area (Å²) in [6.07, 6.45) is -0.273. The summed E-state index contributed by atoms with van der Waals surface area (Å²) in [6, 6.07) is 8.18. The van der Waals surface area contributed by atoms with Crippen LogP contribution in [0.2, 0.25) is 0 Å². The number of carbonyl (C=O) groups is 2. The molecule has 0 bridgehead atoms. The Bertz CT molecular complexity index is 923. The number of aromatic nitrogens is 3. The van der Waals surface area contributed by atoms with Gasteiger partial charge in [0.25, 0.3) is 5.91 Å². The number of carbonyl (C=O) groups excluding carboxylic acids is 2. The zero-order chi connectivity index (χ0) is 20.5. The van der Waals surface area contributed by atoms with Crippen LogP contribution in [0.3, 0.4) is 0 Å². The Morgan fingerprint density at radius 2 is 2.03 bits per heavy atom. The van der Waals surface area contributed by atoms with Gasteiger partial charge in [0.05, 0.1) is 12.6 Å². The van der Waals surface area contributed by atoms with E-state index in [4.69, 9.17) is 4.74 Å². The van der Waals surface area contributed by atoms with Crippen LogP contribution in [0.5, 0.6) is 0 Å². The lowest BCUT2D eigenvalue weighted by molar-refractivity contribution is 0.0600. The molecular formula is C20H25N5O3S. The van der Waals surface area contributed by atoms with Crippen molar-refractivity contribution in [3.05, 3.63) is 41.2 Å². The Labute approximate surface area is 174 Å². The maximum Gasteiger partial charge on any atom is 0.409 e. The molecular weight excluding hydrogens is 390 g/mol. The molecule has 2 aromatic rings. The molecule has 154 valence electrons. The number of fused-ring (bicyclic) bond motifs is 1. The van der Waals surface area contributed by atoms with Gasteiger partial charge in [-0.1, -0.05) is 41.6 Å². The largest absolute Gasteiger partial charge is 0.450 e. The van der Waals surface area contributed by atoms with Crippen LogP contribution in [0.4, 0.5) is 4.79 Å². The molecule has 0 aliphatic carbocycles. The van der Waals surface area contributed by atoms with Gasteiger partial charge in [-0.3, -0.25) is 9.69 Å².